The first-order valence-electron chi connectivity index (χ1n) is 11.0. The van der Waals surface area contributed by atoms with Gasteiger partial charge in [0.2, 0.25) is 11.8 Å². The summed E-state index contributed by atoms with van der Waals surface area (Å²) in [6.07, 6.45) is 4.28. The number of hydrogen-bond acceptors (Lipinski definition) is 4. The molecular formula is C25H33N3O3. The number of rotatable bonds is 9. The fraction of sp³-hybridized carbons (Fsp3) is 0.440. The molecule has 2 amide bonds. The number of nitrogens with two attached hydrogens (primary N) is 1. The molecule has 0 aliphatic heterocycles. The number of carbonyl (C=O) groups excluding carboxylic acids is 2. The van der Waals surface area contributed by atoms with E-state index in [0.717, 1.165) is 36.0 Å². The Bertz CT molecular complexity index is 900. The van der Waals surface area contributed by atoms with Gasteiger partial charge in [-0.15, -0.1) is 0 Å². The Morgan fingerprint density at radius 2 is 1.77 bits per heavy atom. The van der Waals surface area contributed by atoms with E-state index in [1.54, 1.807) is 12.1 Å². The number of nitrogens with one attached hydrogen (secondary N) is 2. The molecule has 0 radical (unpaired) electrons. The van der Waals surface area contributed by atoms with Gasteiger partial charge in [0.25, 0.3) is 0 Å². The molecule has 1 saturated carbocycles. The standard InChI is InChI=1S/C25H33N3O3/c1-17-14-20(29)15-18(2)21(17)16-22(26)23(30)28-25(11-7-12-25)24(31)27-13-6-10-19-8-4-3-5-9-19/h3-5,8-9,14-15,22,29H,6-7,10-13,16,26H2,1-2H3,(H,27,31)(H,28,30). The predicted molar refractivity (Wildman–Crippen MR) is 122 cm³/mol. The first-order valence-corrected chi connectivity index (χ1v) is 11.0. The van der Waals surface area contributed by atoms with E-state index in [0.29, 0.717) is 25.8 Å². The zero-order chi connectivity index (χ0) is 22.4. The molecule has 3 rings (SSSR count). The van der Waals surface area contributed by atoms with Gasteiger partial charge < -0.3 is 21.5 Å². The SMILES string of the molecule is Cc1cc(O)cc(C)c1CC(N)C(=O)NC1(C(=O)NCCCc2ccccc2)CCC1. The van der Waals surface area contributed by atoms with Crippen molar-refractivity contribution in [3.63, 3.8) is 0 Å². The Kier molecular flexibility index (Phi) is 7.33. The number of aromatic hydroxyl groups is 1. The summed E-state index contributed by atoms with van der Waals surface area (Å²) in [7, 11) is 0. The number of phenolic OH excluding ortho intramolecular Hbond substituents is 1. The van der Waals surface area contributed by atoms with Crippen LogP contribution in [0.1, 0.15) is 47.9 Å². The van der Waals surface area contributed by atoms with E-state index in [9.17, 15) is 14.7 Å². The minimum Gasteiger partial charge on any atom is -0.508 e. The van der Waals surface area contributed by atoms with Gasteiger partial charge >= 0.3 is 0 Å². The van der Waals surface area contributed by atoms with Crippen LogP contribution in [0.25, 0.3) is 0 Å². The van der Waals surface area contributed by atoms with E-state index >= 15 is 0 Å². The van der Waals surface area contributed by atoms with E-state index in [2.05, 4.69) is 22.8 Å². The number of carbonyl (C=O) groups is 2. The lowest BCUT2D eigenvalue weighted by Crippen LogP contribution is -2.65. The van der Waals surface area contributed by atoms with Gasteiger partial charge in [0.05, 0.1) is 6.04 Å². The third-order valence-corrected chi connectivity index (χ3v) is 6.22. The largest absolute Gasteiger partial charge is 0.508 e. The molecule has 0 heterocycles. The first kappa shape index (κ1) is 22.8. The molecule has 5 N–H and O–H groups in total. The Morgan fingerprint density at radius 3 is 2.35 bits per heavy atom. The van der Waals surface area contributed by atoms with Gasteiger partial charge in [-0.3, -0.25) is 9.59 Å². The molecule has 1 fully saturated rings. The number of phenols is 1. The summed E-state index contributed by atoms with van der Waals surface area (Å²) in [6, 6.07) is 12.7. The molecule has 6 nitrogen and oxygen atoms in total. The zero-order valence-corrected chi connectivity index (χ0v) is 18.4. The molecule has 1 atom stereocenters. The summed E-state index contributed by atoms with van der Waals surface area (Å²) in [6.45, 7) is 4.36. The minimum atomic E-state index is -0.847. The molecule has 1 aliphatic rings. The van der Waals surface area contributed by atoms with Crippen LogP contribution in [0.2, 0.25) is 0 Å². The van der Waals surface area contributed by atoms with E-state index in [-0.39, 0.29) is 17.6 Å². The molecule has 1 unspecified atom stereocenters. The molecule has 1 aliphatic carbocycles. The maximum absolute atomic E-state index is 12.8. The molecular weight excluding hydrogens is 390 g/mol. The fourth-order valence-electron chi connectivity index (χ4n) is 4.18. The van der Waals surface area contributed by atoms with Gasteiger partial charge in [-0.05, 0) is 86.8 Å². The third-order valence-electron chi connectivity index (χ3n) is 6.22. The fourth-order valence-corrected chi connectivity index (χ4v) is 4.18. The highest BCUT2D eigenvalue weighted by Gasteiger charge is 2.45. The molecule has 0 spiro atoms. The lowest BCUT2D eigenvalue weighted by molar-refractivity contribution is -0.137. The van der Waals surface area contributed by atoms with Crippen LogP contribution in [0, 0.1) is 13.8 Å². The average molecular weight is 424 g/mol. The minimum absolute atomic E-state index is 0.121. The summed E-state index contributed by atoms with van der Waals surface area (Å²) >= 11 is 0. The third kappa shape index (κ3) is 5.64. The van der Waals surface area contributed by atoms with Crippen molar-refractivity contribution < 1.29 is 14.7 Å². The second-order valence-electron chi connectivity index (χ2n) is 8.64. The van der Waals surface area contributed by atoms with Gasteiger partial charge in [-0.25, -0.2) is 0 Å². The summed E-state index contributed by atoms with van der Waals surface area (Å²) in [4.78, 5) is 25.6. The van der Waals surface area contributed by atoms with Crippen molar-refractivity contribution in [1.82, 2.24) is 10.6 Å². The lowest BCUT2D eigenvalue weighted by atomic mass is 9.75. The summed E-state index contributed by atoms with van der Waals surface area (Å²) < 4.78 is 0. The van der Waals surface area contributed by atoms with E-state index in [1.165, 1.54) is 5.56 Å². The summed E-state index contributed by atoms with van der Waals surface area (Å²) in [5.41, 5.74) is 9.34. The van der Waals surface area contributed by atoms with Crippen LogP contribution >= 0.6 is 0 Å². The van der Waals surface area contributed by atoms with Crippen LogP contribution in [0.15, 0.2) is 42.5 Å². The maximum Gasteiger partial charge on any atom is 0.245 e. The highest BCUT2D eigenvalue weighted by Crippen LogP contribution is 2.32. The average Bonchev–Trinajstić information content (AvgIpc) is 2.71. The number of amides is 2. The molecule has 0 aromatic heterocycles. The van der Waals surface area contributed by atoms with Crippen molar-refractivity contribution >= 4 is 11.8 Å². The molecule has 31 heavy (non-hydrogen) atoms. The Morgan fingerprint density at radius 1 is 1.13 bits per heavy atom. The monoisotopic (exact) mass is 423 g/mol. The maximum atomic E-state index is 12.8. The normalized spacial score (nSPS) is 15.6. The molecule has 6 heteroatoms. The van der Waals surface area contributed by atoms with Crippen LogP contribution in [0.3, 0.4) is 0 Å². The van der Waals surface area contributed by atoms with Crippen LogP contribution in [0.4, 0.5) is 0 Å². The van der Waals surface area contributed by atoms with Crippen molar-refractivity contribution in [2.24, 2.45) is 5.73 Å². The second kappa shape index (κ2) is 9.96. The Labute approximate surface area is 184 Å². The second-order valence-corrected chi connectivity index (χ2v) is 8.64. The van der Waals surface area contributed by atoms with E-state index in [1.807, 2.05) is 32.0 Å². The molecule has 0 saturated heterocycles. The zero-order valence-electron chi connectivity index (χ0n) is 18.4. The lowest BCUT2D eigenvalue weighted by Gasteiger charge is -2.41. The smallest absolute Gasteiger partial charge is 0.245 e. The van der Waals surface area contributed by atoms with Crippen LogP contribution in [-0.4, -0.2) is 35.0 Å². The van der Waals surface area contributed by atoms with Crippen molar-refractivity contribution in [1.29, 1.82) is 0 Å². The number of benzene rings is 2. The Balaban J connectivity index is 1.52. The molecule has 0 bridgehead atoms. The quantitative estimate of drug-likeness (QED) is 0.466. The number of hydrogen-bond donors (Lipinski definition) is 4. The molecule has 2 aromatic carbocycles. The number of aryl methyl sites for hydroxylation is 3. The highest BCUT2D eigenvalue weighted by atomic mass is 16.3. The predicted octanol–water partition coefficient (Wildman–Crippen LogP) is 2.67. The highest BCUT2D eigenvalue weighted by molar-refractivity contribution is 5.93. The van der Waals surface area contributed by atoms with Crippen LogP contribution in [0.5, 0.6) is 5.75 Å². The van der Waals surface area contributed by atoms with Gasteiger partial charge in [0.15, 0.2) is 0 Å². The van der Waals surface area contributed by atoms with Gasteiger partial charge in [0.1, 0.15) is 11.3 Å². The van der Waals surface area contributed by atoms with Gasteiger partial charge in [-0.2, -0.15) is 0 Å². The van der Waals surface area contributed by atoms with Gasteiger partial charge in [0, 0.05) is 6.54 Å². The van der Waals surface area contributed by atoms with Crippen molar-refractivity contribution in [3.8, 4) is 5.75 Å². The first-order chi connectivity index (χ1) is 14.8. The van der Waals surface area contributed by atoms with Crippen LogP contribution < -0.4 is 16.4 Å². The van der Waals surface area contributed by atoms with Crippen LogP contribution in [-0.2, 0) is 22.4 Å². The van der Waals surface area contributed by atoms with Crippen molar-refractivity contribution in [2.75, 3.05) is 6.54 Å². The van der Waals surface area contributed by atoms with Crippen molar-refractivity contribution in [3.05, 3.63) is 64.7 Å². The summed E-state index contributed by atoms with van der Waals surface area (Å²) in [5.74, 6) is -0.232. The van der Waals surface area contributed by atoms with Crippen molar-refractivity contribution in [2.45, 2.75) is 64.0 Å². The summed E-state index contributed by atoms with van der Waals surface area (Å²) in [5, 5.41) is 15.6. The molecule has 166 valence electrons. The molecule has 2 aromatic rings. The van der Waals surface area contributed by atoms with Gasteiger partial charge in [-0.1, -0.05) is 30.3 Å². The Hall–Kier alpha value is -2.86. The van der Waals surface area contributed by atoms with E-state index in [4.69, 9.17) is 5.73 Å². The van der Waals surface area contributed by atoms with E-state index < -0.39 is 11.6 Å². The topological polar surface area (TPSA) is 104 Å².